The molecule has 104 valence electrons. The number of nitrogens with one attached hydrogen (secondary N) is 1. The summed E-state index contributed by atoms with van der Waals surface area (Å²) < 4.78 is 15.7. The summed E-state index contributed by atoms with van der Waals surface area (Å²) in [5, 5.41) is 3.20. The Morgan fingerprint density at radius 3 is 2.79 bits per heavy atom. The minimum Gasteiger partial charge on any atom is -0.486 e. The number of carbonyl (C=O) groups excluding carboxylic acids is 1. The van der Waals surface area contributed by atoms with Crippen molar-refractivity contribution >= 4 is 5.97 Å². The molecule has 1 N–H and O–H groups in total. The zero-order valence-corrected chi connectivity index (χ0v) is 11.3. The molecule has 1 atom stereocenters. The minimum absolute atomic E-state index is 0.0925. The second kappa shape index (κ2) is 6.43. The normalized spacial score (nSPS) is 14.8. The van der Waals surface area contributed by atoms with Crippen LogP contribution < -0.4 is 14.8 Å². The maximum absolute atomic E-state index is 11.2. The van der Waals surface area contributed by atoms with Gasteiger partial charge in [-0.05, 0) is 31.2 Å². The highest BCUT2D eigenvalue weighted by Gasteiger charge is 2.17. The number of hydrogen-bond acceptors (Lipinski definition) is 5. The van der Waals surface area contributed by atoms with Crippen LogP contribution in [0.3, 0.4) is 0 Å². The van der Waals surface area contributed by atoms with Gasteiger partial charge in [0.1, 0.15) is 13.2 Å². The Bertz CT molecular complexity index is 447. The lowest BCUT2D eigenvalue weighted by molar-refractivity contribution is -0.140. The molecule has 0 saturated carbocycles. The summed E-state index contributed by atoms with van der Waals surface area (Å²) in [6.45, 7) is 1.16. The molecular formula is C14H19NO4. The molecule has 19 heavy (non-hydrogen) atoms. The van der Waals surface area contributed by atoms with E-state index in [0.717, 1.165) is 17.1 Å². The van der Waals surface area contributed by atoms with Gasteiger partial charge in [-0.1, -0.05) is 6.07 Å². The van der Waals surface area contributed by atoms with Gasteiger partial charge in [-0.25, -0.2) is 0 Å². The zero-order valence-electron chi connectivity index (χ0n) is 11.3. The summed E-state index contributed by atoms with van der Waals surface area (Å²) >= 11 is 0. The molecule has 0 spiro atoms. The molecular weight excluding hydrogens is 246 g/mol. The van der Waals surface area contributed by atoms with Crippen LogP contribution in [0.4, 0.5) is 0 Å². The second-order valence-electron chi connectivity index (χ2n) is 4.36. The maximum Gasteiger partial charge on any atom is 0.305 e. The Morgan fingerprint density at radius 2 is 2.11 bits per heavy atom. The highest BCUT2D eigenvalue weighted by atomic mass is 16.6. The fourth-order valence-electron chi connectivity index (χ4n) is 2.12. The fraction of sp³-hybridized carbons (Fsp3) is 0.500. The fourth-order valence-corrected chi connectivity index (χ4v) is 2.12. The van der Waals surface area contributed by atoms with Gasteiger partial charge in [0.25, 0.3) is 0 Å². The summed E-state index contributed by atoms with van der Waals surface area (Å²) in [4.78, 5) is 11.2. The second-order valence-corrected chi connectivity index (χ2v) is 4.36. The van der Waals surface area contributed by atoms with Crippen molar-refractivity contribution in [2.24, 2.45) is 0 Å². The Labute approximate surface area is 112 Å². The Balaban J connectivity index is 2.07. The van der Waals surface area contributed by atoms with E-state index in [-0.39, 0.29) is 12.0 Å². The molecule has 1 aliphatic rings. The van der Waals surface area contributed by atoms with Crippen LogP contribution in [0.5, 0.6) is 11.5 Å². The number of benzene rings is 1. The molecule has 1 aliphatic heterocycles. The monoisotopic (exact) mass is 265 g/mol. The quantitative estimate of drug-likeness (QED) is 0.821. The maximum atomic E-state index is 11.2. The molecule has 0 amide bonds. The molecule has 1 unspecified atom stereocenters. The van der Waals surface area contributed by atoms with Crippen LogP contribution >= 0.6 is 0 Å². The van der Waals surface area contributed by atoms with Crippen molar-refractivity contribution in [3.63, 3.8) is 0 Å². The first-order valence-electron chi connectivity index (χ1n) is 6.38. The Morgan fingerprint density at radius 1 is 1.37 bits per heavy atom. The van der Waals surface area contributed by atoms with E-state index in [1.165, 1.54) is 7.11 Å². The van der Waals surface area contributed by atoms with Crippen molar-refractivity contribution in [3.05, 3.63) is 23.8 Å². The molecule has 0 saturated heterocycles. The predicted molar refractivity (Wildman–Crippen MR) is 70.5 cm³/mol. The molecule has 1 aromatic carbocycles. The van der Waals surface area contributed by atoms with Gasteiger partial charge >= 0.3 is 5.97 Å². The van der Waals surface area contributed by atoms with Gasteiger partial charge < -0.3 is 19.5 Å². The standard InChI is InChI=1S/C14H19NO4/c1-15-11(4-6-14(16)17-2)10-3-5-12-13(9-10)19-8-7-18-12/h3,5,9,11,15H,4,6-8H2,1-2H3. The summed E-state index contributed by atoms with van der Waals surface area (Å²) in [6, 6.07) is 5.96. The van der Waals surface area contributed by atoms with Gasteiger partial charge in [0.15, 0.2) is 11.5 Å². The highest BCUT2D eigenvalue weighted by molar-refractivity contribution is 5.69. The van der Waals surface area contributed by atoms with Crippen LogP contribution in [-0.4, -0.2) is 33.3 Å². The van der Waals surface area contributed by atoms with E-state index >= 15 is 0 Å². The number of ether oxygens (including phenoxy) is 3. The third-order valence-corrected chi connectivity index (χ3v) is 3.18. The van der Waals surface area contributed by atoms with Crippen molar-refractivity contribution in [1.82, 2.24) is 5.32 Å². The first-order valence-corrected chi connectivity index (χ1v) is 6.38. The highest BCUT2D eigenvalue weighted by Crippen LogP contribution is 2.33. The number of methoxy groups -OCH3 is 1. The minimum atomic E-state index is -0.196. The molecule has 0 bridgehead atoms. The summed E-state index contributed by atoms with van der Waals surface area (Å²) in [5.41, 5.74) is 1.08. The van der Waals surface area contributed by atoms with Crippen molar-refractivity contribution in [3.8, 4) is 11.5 Å². The van der Waals surface area contributed by atoms with Crippen molar-refractivity contribution in [2.75, 3.05) is 27.4 Å². The number of fused-ring (bicyclic) bond motifs is 1. The molecule has 0 aromatic heterocycles. The number of esters is 1. The zero-order chi connectivity index (χ0) is 13.7. The Kier molecular flexibility index (Phi) is 4.63. The summed E-state index contributed by atoms with van der Waals surface area (Å²) in [7, 11) is 3.28. The van der Waals surface area contributed by atoms with Crippen LogP contribution in [0.1, 0.15) is 24.4 Å². The van der Waals surface area contributed by atoms with Gasteiger partial charge in [-0.3, -0.25) is 4.79 Å². The third kappa shape index (κ3) is 3.38. The van der Waals surface area contributed by atoms with E-state index < -0.39 is 0 Å². The number of rotatable bonds is 5. The van der Waals surface area contributed by atoms with Crippen LogP contribution in [0.25, 0.3) is 0 Å². The van der Waals surface area contributed by atoms with E-state index in [9.17, 15) is 4.79 Å². The van der Waals surface area contributed by atoms with Crippen molar-refractivity contribution < 1.29 is 19.0 Å². The van der Waals surface area contributed by atoms with Crippen molar-refractivity contribution in [2.45, 2.75) is 18.9 Å². The molecule has 2 rings (SSSR count). The number of carbonyl (C=O) groups is 1. The summed E-state index contributed by atoms with van der Waals surface area (Å²) in [5.74, 6) is 1.35. The van der Waals surface area contributed by atoms with E-state index in [1.807, 2.05) is 25.2 Å². The molecule has 1 aromatic rings. The molecule has 0 aliphatic carbocycles. The van der Waals surface area contributed by atoms with Crippen LogP contribution in [0.15, 0.2) is 18.2 Å². The first kappa shape index (κ1) is 13.7. The average Bonchev–Trinajstić information content (AvgIpc) is 2.47. The lowest BCUT2D eigenvalue weighted by atomic mass is 10.0. The predicted octanol–water partition coefficient (Wildman–Crippen LogP) is 1.67. The first-order chi connectivity index (χ1) is 9.24. The lowest BCUT2D eigenvalue weighted by Crippen LogP contribution is -2.19. The largest absolute Gasteiger partial charge is 0.486 e. The molecule has 5 nitrogen and oxygen atoms in total. The van der Waals surface area contributed by atoms with E-state index in [0.29, 0.717) is 26.1 Å². The topological polar surface area (TPSA) is 56.8 Å². The Hall–Kier alpha value is -1.75. The van der Waals surface area contributed by atoms with E-state index in [1.54, 1.807) is 0 Å². The van der Waals surface area contributed by atoms with Crippen LogP contribution in [-0.2, 0) is 9.53 Å². The van der Waals surface area contributed by atoms with Gasteiger partial charge in [0.05, 0.1) is 7.11 Å². The summed E-state index contributed by atoms with van der Waals surface area (Å²) in [6.07, 6.45) is 1.07. The van der Waals surface area contributed by atoms with E-state index in [4.69, 9.17) is 9.47 Å². The van der Waals surface area contributed by atoms with Gasteiger partial charge in [-0.15, -0.1) is 0 Å². The molecule has 0 fully saturated rings. The third-order valence-electron chi connectivity index (χ3n) is 3.18. The smallest absolute Gasteiger partial charge is 0.305 e. The SMILES string of the molecule is CNC(CCC(=O)OC)c1ccc2c(c1)OCCO2. The number of hydrogen-bond donors (Lipinski definition) is 1. The lowest BCUT2D eigenvalue weighted by Gasteiger charge is -2.21. The van der Waals surface area contributed by atoms with Gasteiger partial charge in [0, 0.05) is 12.5 Å². The molecule has 1 heterocycles. The van der Waals surface area contributed by atoms with Gasteiger partial charge in [-0.2, -0.15) is 0 Å². The van der Waals surface area contributed by atoms with Gasteiger partial charge in [0.2, 0.25) is 0 Å². The molecule has 5 heteroatoms. The van der Waals surface area contributed by atoms with Crippen LogP contribution in [0, 0.1) is 0 Å². The van der Waals surface area contributed by atoms with Crippen molar-refractivity contribution in [1.29, 1.82) is 0 Å². The average molecular weight is 265 g/mol. The van der Waals surface area contributed by atoms with E-state index in [2.05, 4.69) is 10.1 Å². The van der Waals surface area contributed by atoms with Crippen LogP contribution in [0.2, 0.25) is 0 Å². The molecule has 0 radical (unpaired) electrons.